The highest BCUT2D eigenvalue weighted by Crippen LogP contribution is 2.36. The van der Waals surface area contributed by atoms with Crippen molar-refractivity contribution in [3.05, 3.63) is 41.0 Å². The van der Waals surface area contributed by atoms with Crippen molar-refractivity contribution in [2.75, 3.05) is 10.6 Å². The van der Waals surface area contributed by atoms with E-state index in [1.54, 1.807) is 12.3 Å². The van der Waals surface area contributed by atoms with Crippen molar-refractivity contribution < 1.29 is 13.2 Å². The number of aromatic nitrogens is 2. The van der Waals surface area contributed by atoms with Crippen molar-refractivity contribution in [2.24, 2.45) is 0 Å². The number of hydrogen-bond acceptors (Lipinski definition) is 4. The second-order valence-electron chi connectivity index (χ2n) is 5.71. The van der Waals surface area contributed by atoms with Crippen LogP contribution in [0.25, 0.3) is 0 Å². The normalized spacial score (nSPS) is 15.5. The van der Waals surface area contributed by atoms with E-state index in [1.165, 1.54) is 25.0 Å². The Morgan fingerprint density at radius 2 is 1.88 bits per heavy atom. The van der Waals surface area contributed by atoms with Crippen molar-refractivity contribution in [1.29, 1.82) is 0 Å². The van der Waals surface area contributed by atoms with Crippen LogP contribution in [0.5, 0.6) is 0 Å². The lowest BCUT2D eigenvalue weighted by Crippen LogP contribution is -2.16. The summed E-state index contributed by atoms with van der Waals surface area (Å²) in [6, 6.07) is 5.74. The van der Waals surface area contributed by atoms with Crippen molar-refractivity contribution in [3.8, 4) is 0 Å². The minimum atomic E-state index is -4.51. The van der Waals surface area contributed by atoms with E-state index in [0.717, 1.165) is 18.9 Å². The molecular weight excluding hydrogens is 341 g/mol. The summed E-state index contributed by atoms with van der Waals surface area (Å²) in [7, 11) is 0. The van der Waals surface area contributed by atoms with Crippen molar-refractivity contribution in [3.63, 3.8) is 0 Å². The number of alkyl halides is 3. The van der Waals surface area contributed by atoms with Gasteiger partial charge in [-0.05, 0) is 37.1 Å². The number of nitrogens with one attached hydrogen (secondary N) is 2. The highest BCUT2D eigenvalue weighted by atomic mass is 35.5. The van der Waals surface area contributed by atoms with Crippen LogP contribution in [0.4, 0.5) is 30.6 Å². The molecule has 0 bridgehead atoms. The van der Waals surface area contributed by atoms with Crippen LogP contribution in [-0.2, 0) is 6.18 Å². The monoisotopic (exact) mass is 356 g/mol. The zero-order valence-electron chi connectivity index (χ0n) is 12.7. The molecule has 4 nitrogen and oxygen atoms in total. The van der Waals surface area contributed by atoms with Gasteiger partial charge in [0.05, 0.1) is 10.6 Å². The summed E-state index contributed by atoms with van der Waals surface area (Å²) in [5.41, 5.74) is -0.667. The molecule has 2 N–H and O–H groups in total. The van der Waals surface area contributed by atoms with E-state index in [4.69, 9.17) is 11.6 Å². The molecule has 1 aromatic carbocycles. The molecular formula is C16H16ClF3N4. The van der Waals surface area contributed by atoms with E-state index in [-0.39, 0.29) is 16.7 Å². The van der Waals surface area contributed by atoms with Crippen LogP contribution in [0.2, 0.25) is 5.02 Å². The highest BCUT2D eigenvalue weighted by Gasteiger charge is 2.33. The maximum absolute atomic E-state index is 12.9. The van der Waals surface area contributed by atoms with E-state index in [0.29, 0.717) is 11.9 Å². The summed E-state index contributed by atoms with van der Waals surface area (Å²) >= 11 is 5.62. The van der Waals surface area contributed by atoms with Crippen molar-refractivity contribution in [1.82, 2.24) is 9.97 Å². The van der Waals surface area contributed by atoms with Crippen LogP contribution in [-0.4, -0.2) is 16.0 Å². The van der Waals surface area contributed by atoms with Gasteiger partial charge in [-0.2, -0.15) is 18.2 Å². The van der Waals surface area contributed by atoms with Gasteiger partial charge in [0.15, 0.2) is 0 Å². The first-order chi connectivity index (χ1) is 11.4. The maximum atomic E-state index is 12.9. The molecule has 1 aliphatic carbocycles. The SMILES string of the molecule is FC(F)(F)c1cc(Nc2nccc(NC3CCCC3)n2)ccc1Cl. The Kier molecular flexibility index (Phi) is 4.80. The molecule has 24 heavy (non-hydrogen) atoms. The van der Waals surface area contributed by atoms with Gasteiger partial charge < -0.3 is 10.6 Å². The lowest BCUT2D eigenvalue weighted by Gasteiger charge is -2.14. The Bertz CT molecular complexity index is 715. The first-order valence-electron chi connectivity index (χ1n) is 7.65. The van der Waals surface area contributed by atoms with Gasteiger partial charge in [0.1, 0.15) is 5.82 Å². The highest BCUT2D eigenvalue weighted by molar-refractivity contribution is 6.31. The van der Waals surface area contributed by atoms with Gasteiger partial charge >= 0.3 is 6.18 Å². The molecule has 0 radical (unpaired) electrons. The zero-order valence-corrected chi connectivity index (χ0v) is 13.5. The quantitative estimate of drug-likeness (QED) is 0.785. The third-order valence-corrected chi connectivity index (χ3v) is 4.22. The summed E-state index contributed by atoms with van der Waals surface area (Å²) in [6.07, 6.45) is 1.63. The second-order valence-corrected chi connectivity index (χ2v) is 6.12. The summed E-state index contributed by atoms with van der Waals surface area (Å²) in [5.74, 6) is 0.887. The Morgan fingerprint density at radius 3 is 2.58 bits per heavy atom. The molecule has 0 atom stereocenters. The molecule has 1 heterocycles. The topological polar surface area (TPSA) is 49.8 Å². The third-order valence-electron chi connectivity index (χ3n) is 3.89. The lowest BCUT2D eigenvalue weighted by atomic mass is 10.2. The van der Waals surface area contributed by atoms with Gasteiger partial charge in [-0.15, -0.1) is 0 Å². The molecule has 0 amide bonds. The van der Waals surface area contributed by atoms with Gasteiger partial charge in [-0.1, -0.05) is 24.4 Å². The minimum absolute atomic E-state index is 0.227. The Balaban J connectivity index is 1.76. The molecule has 0 unspecified atom stereocenters. The molecule has 0 spiro atoms. The van der Waals surface area contributed by atoms with Crippen LogP contribution in [0.3, 0.4) is 0 Å². The van der Waals surface area contributed by atoms with E-state index < -0.39 is 11.7 Å². The molecule has 0 aliphatic heterocycles. The number of halogens is 4. The number of rotatable bonds is 4. The van der Waals surface area contributed by atoms with Gasteiger partial charge in [0.25, 0.3) is 0 Å². The number of anilines is 3. The number of benzene rings is 1. The molecule has 1 fully saturated rings. The van der Waals surface area contributed by atoms with Gasteiger partial charge in [0.2, 0.25) is 5.95 Å². The van der Waals surface area contributed by atoms with Crippen LogP contribution in [0.15, 0.2) is 30.5 Å². The molecule has 2 aromatic rings. The van der Waals surface area contributed by atoms with Crippen molar-refractivity contribution in [2.45, 2.75) is 37.9 Å². The summed E-state index contributed by atoms with van der Waals surface area (Å²) < 4.78 is 38.7. The Labute approximate surface area is 142 Å². The minimum Gasteiger partial charge on any atom is -0.367 e. The van der Waals surface area contributed by atoms with E-state index >= 15 is 0 Å². The molecule has 1 saturated carbocycles. The van der Waals surface area contributed by atoms with Gasteiger partial charge in [-0.25, -0.2) is 4.98 Å². The molecule has 1 aromatic heterocycles. The number of nitrogens with zero attached hydrogens (tertiary/aromatic N) is 2. The van der Waals surface area contributed by atoms with Crippen LogP contribution in [0, 0.1) is 0 Å². The lowest BCUT2D eigenvalue weighted by molar-refractivity contribution is -0.137. The molecule has 3 rings (SSSR count). The standard InChI is InChI=1S/C16H16ClF3N4/c17-13-6-5-11(9-12(13)16(18,19)20)23-15-21-8-7-14(24-15)22-10-3-1-2-4-10/h5-10H,1-4H2,(H2,21,22,23,24). The molecule has 128 valence electrons. The predicted octanol–water partition coefficient (Wildman–Crippen LogP) is 5.25. The van der Waals surface area contributed by atoms with Crippen LogP contribution >= 0.6 is 11.6 Å². The maximum Gasteiger partial charge on any atom is 0.417 e. The first kappa shape index (κ1) is 16.8. The fraction of sp³-hybridized carbons (Fsp3) is 0.375. The fourth-order valence-corrected chi connectivity index (χ4v) is 2.95. The fourth-order valence-electron chi connectivity index (χ4n) is 2.73. The van der Waals surface area contributed by atoms with Gasteiger partial charge in [-0.3, -0.25) is 0 Å². The summed E-state index contributed by atoms with van der Waals surface area (Å²) in [6.45, 7) is 0. The second kappa shape index (κ2) is 6.84. The summed E-state index contributed by atoms with van der Waals surface area (Å²) in [4.78, 5) is 8.35. The number of hydrogen-bond donors (Lipinski definition) is 2. The smallest absolute Gasteiger partial charge is 0.367 e. The van der Waals surface area contributed by atoms with Crippen LogP contribution in [0.1, 0.15) is 31.2 Å². The van der Waals surface area contributed by atoms with E-state index in [9.17, 15) is 13.2 Å². The third kappa shape index (κ3) is 4.08. The summed E-state index contributed by atoms with van der Waals surface area (Å²) in [5, 5.41) is 5.77. The Hall–Kier alpha value is -2.02. The van der Waals surface area contributed by atoms with E-state index in [1.807, 2.05) is 0 Å². The van der Waals surface area contributed by atoms with E-state index in [2.05, 4.69) is 20.6 Å². The molecule has 8 heteroatoms. The van der Waals surface area contributed by atoms with Gasteiger partial charge in [0, 0.05) is 17.9 Å². The zero-order chi connectivity index (χ0) is 17.2. The molecule has 1 aliphatic rings. The molecule has 0 saturated heterocycles. The van der Waals surface area contributed by atoms with Crippen LogP contribution < -0.4 is 10.6 Å². The average molecular weight is 357 g/mol. The Morgan fingerprint density at radius 1 is 1.12 bits per heavy atom. The van der Waals surface area contributed by atoms with Crippen molar-refractivity contribution >= 4 is 29.1 Å². The largest absolute Gasteiger partial charge is 0.417 e. The predicted molar refractivity (Wildman–Crippen MR) is 87.6 cm³/mol. The first-order valence-corrected chi connectivity index (χ1v) is 8.03. The average Bonchev–Trinajstić information content (AvgIpc) is 3.01.